The number of hydrogen-bond acceptors (Lipinski definition) is 4. The van der Waals surface area contributed by atoms with Crippen molar-refractivity contribution in [3.63, 3.8) is 0 Å². The monoisotopic (exact) mass is 374 g/mol. The second-order valence-electron chi connectivity index (χ2n) is 7.73. The third-order valence-corrected chi connectivity index (χ3v) is 7.31. The first-order chi connectivity index (χ1) is 12.6. The minimum Gasteiger partial charge on any atom is -0.481 e. The molecule has 1 aliphatic carbocycles. The van der Waals surface area contributed by atoms with Crippen molar-refractivity contribution < 1.29 is 14.7 Å². The van der Waals surface area contributed by atoms with Crippen molar-refractivity contribution in [2.24, 2.45) is 11.3 Å². The summed E-state index contributed by atoms with van der Waals surface area (Å²) in [5, 5.41) is 9.83. The van der Waals surface area contributed by atoms with Gasteiger partial charge in [-0.2, -0.15) is 11.8 Å². The number of carbonyl (C=O) groups is 2. The number of carbonyl (C=O) groups excluding carboxylic acids is 1. The predicted octanol–water partition coefficient (Wildman–Crippen LogP) is 2.49. The van der Waals surface area contributed by atoms with Gasteiger partial charge in [0.2, 0.25) is 5.91 Å². The van der Waals surface area contributed by atoms with Gasteiger partial charge in [-0.1, -0.05) is 36.8 Å². The Hall–Kier alpha value is -1.53. The number of amides is 1. The number of aliphatic carboxylic acids is 1. The lowest BCUT2D eigenvalue weighted by Crippen LogP contribution is -2.46. The molecule has 1 aromatic carbocycles. The molecule has 1 unspecified atom stereocenters. The number of likely N-dealkylation sites (tertiary alicyclic amines) is 1. The van der Waals surface area contributed by atoms with Crippen molar-refractivity contribution >= 4 is 23.6 Å². The first-order valence-electron chi connectivity index (χ1n) is 9.51. The Morgan fingerprint density at radius 2 is 1.92 bits per heavy atom. The maximum absolute atomic E-state index is 13.5. The van der Waals surface area contributed by atoms with E-state index < -0.39 is 11.4 Å². The number of hydrogen-bond donors (Lipinski definition) is 1. The van der Waals surface area contributed by atoms with Crippen LogP contribution < -0.4 is 0 Å². The molecule has 2 aliphatic heterocycles. The van der Waals surface area contributed by atoms with Crippen molar-refractivity contribution in [3.8, 4) is 0 Å². The van der Waals surface area contributed by atoms with Gasteiger partial charge in [0.05, 0.1) is 5.41 Å². The molecule has 0 spiro atoms. The zero-order chi connectivity index (χ0) is 18.1. The molecule has 1 saturated carbocycles. The summed E-state index contributed by atoms with van der Waals surface area (Å²) in [5.74, 6) is 1.55. The van der Waals surface area contributed by atoms with Gasteiger partial charge in [-0.25, -0.2) is 0 Å². The van der Waals surface area contributed by atoms with Gasteiger partial charge in [-0.05, 0) is 24.3 Å². The first kappa shape index (κ1) is 17.9. The molecule has 1 aromatic rings. The van der Waals surface area contributed by atoms with Crippen LogP contribution in [0.1, 0.15) is 30.9 Å². The van der Waals surface area contributed by atoms with Crippen molar-refractivity contribution in [3.05, 3.63) is 35.9 Å². The van der Waals surface area contributed by atoms with E-state index >= 15 is 0 Å². The van der Waals surface area contributed by atoms with Crippen LogP contribution in [0.2, 0.25) is 0 Å². The van der Waals surface area contributed by atoms with Crippen molar-refractivity contribution in [1.29, 1.82) is 0 Å². The van der Waals surface area contributed by atoms with E-state index in [0.717, 1.165) is 43.0 Å². The molecule has 26 heavy (non-hydrogen) atoms. The average Bonchev–Trinajstić information content (AvgIpc) is 3.22. The topological polar surface area (TPSA) is 60.9 Å². The van der Waals surface area contributed by atoms with Crippen molar-refractivity contribution in [2.75, 3.05) is 37.7 Å². The van der Waals surface area contributed by atoms with E-state index in [1.165, 1.54) is 0 Å². The van der Waals surface area contributed by atoms with Gasteiger partial charge in [0.15, 0.2) is 0 Å². The maximum atomic E-state index is 13.5. The molecule has 3 fully saturated rings. The van der Waals surface area contributed by atoms with Gasteiger partial charge in [0, 0.05) is 37.7 Å². The molecule has 0 aromatic heterocycles. The second-order valence-corrected chi connectivity index (χ2v) is 8.96. The molecule has 2 saturated heterocycles. The number of rotatable bonds is 4. The Balaban J connectivity index is 1.60. The van der Waals surface area contributed by atoms with Gasteiger partial charge in [0.25, 0.3) is 0 Å². The quantitative estimate of drug-likeness (QED) is 0.877. The number of nitrogens with zero attached hydrogens (tertiary/aromatic N) is 2. The summed E-state index contributed by atoms with van der Waals surface area (Å²) in [6.45, 7) is 2.77. The van der Waals surface area contributed by atoms with Gasteiger partial charge < -0.3 is 10.0 Å². The Labute approximate surface area is 158 Å². The molecule has 0 radical (unpaired) electrons. The van der Waals surface area contributed by atoms with E-state index in [9.17, 15) is 14.7 Å². The number of fused-ring (bicyclic) bond motifs is 1. The molecule has 1 amide bonds. The standard InChI is InChI=1S/C20H26N2O3S/c23-18(22-13-16-7-4-8-20(16,14-22)19(24)25)17(15-5-2-1-3-6-15)21-9-11-26-12-10-21/h1-3,5-6,16-17H,4,7-14H2,(H,24,25)/t16-,17?,20+/m0/s1. The van der Waals surface area contributed by atoms with Crippen LogP contribution in [0.5, 0.6) is 0 Å². The highest BCUT2D eigenvalue weighted by atomic mass is 32.2. The summed E-state index contributed by atoms with van der Waals surface area (Å²) in [7, 11) is 0. The smallest absolute Gasteiger partial charge is 0.311 e. The van der Waals surface area contributed by atoms with Gasteiger partial charge in [-0.3, -0.25) is 14.5 Å². The SMILES string of the molecule is O=C(C(c1ccccc1)N1CCSCC1)N1C[C@@H]2CCC[C@@]2(C(=O)O)C1. The fourth-order valence-corrected chi connectivity index (χ4v) is 5.89. The highest BCUT2D eigenvalue weighted by Gasteiger charge is 2.56. The van der Waals surface area contributed by atoms with Crippen LogP contribution in [-0.4, -0.2) is 64.5 Å². The van der Waals surface area contributed by atoms with E-state index in [2.05, 4.69) is 4.90 Å². The summed E-state index contributed by atoms with van der Waals surface area (Å²) in [6.07, 6.45) is 2.59. The van der Waals surface area contributed by atoms with E-state index in [4.69, 9.17) is 0 Å². The molecule has 3 aliphatic rings. The summed E-state index contributed by atoms with van der Waals surface area (Å²) in [5.41, 5.74) is 0.306. The van der Waals surface area contributed by atoms with Crippen molar-refractivity contribution in [1.82, 2.24) is 9.80 Å². The Morgan fingerprint density at radius 1 is 1.19 bits per heavy atom. The lowest BCUT2D eigenvalue weighted by molar-refractivity contribution is -0.149. The average molecular weight is 375 g/mol. The van der Waals surface area contributed by atoms with Crippen LogP contribution in [-0.2, 0) is 9.59 Å². The predicted molar refractivity (Wildman–Crippen MR) is 102 cm³/mol. The molecule has 140 valence electrons. The summed E-state index contributed by atoms with van der Waals surface area (Å²) in [6, 6.07) is 9.68. The summed E-state index contributed by atoms with van der Waals surface area (Å²) in [4.78, 5) is 29.6. The van der Waals surface area contributed by atoms with Crippen LogP contribution >= 0.6 is 11.8 Å². The van der Waals surface area contributed by atoms with E-state index in [-0.39, 0.29) is 17.9 Å². The molecule has 6 heteroatoms. The second kappa shape index (κ2) is 7.24. The van der Waals surface area contributed by atoms with Crippen molar-refractivity contribution in [2.45, 2.75) is 25.3 Å². The van der Waals surface area contributed by atoms with Crippen LogP contribution in [0.3, 0.4) is 0 Å². The van der Waals surface area contributed by atoms with E-state index in [0.29, 0.717) is 19.5 Å². The normalized spacial score (nSPS) is 30.2. The fraction of sp³-hybridized carbons (Fsp3) is 0.600. The highest BCUT2D eigenvalue weighted by molar-refractivity contribution is 7.99. The molecular weight excluding hydrogens is 348 g/mol. The molecule has 5 nitrogen and oxygen atoms in total. The largest absolute Gasteiger partial charge is 0.481 e. The van der Waals surface area contributed by atoms with Gasteiger partial charge >= 0.3 is 5.97 Å². The van der Waals surface area contributed by atoms with Gasteiger partial charge in [-0.15, -0.1) is 0 Å². The van der Waals surface area contributed by atoms with Gasteiger partial charge in [0.1, 0.15) is 6.04 Å². The number of benzene rings is 1. The van der Waals surface area contributed by atoms with Crippen LogP contribution in [0, 0.1) is 11.3 Å². The molecule has 3 atom stereocenters. The number of carboxylic acid groups (broad SMARTS) is 1. The first-order valence-corrected chi connectivity index (χ1v) is 10.7. The zero-order valence-corrected chi connectivity index (χ0v) is 15.8. The Kier molecular flexibility index (Phi) is 4.97. The van der Waals surface area contributed by atoms with E-state index in [1.807, 2.05) is 47.0 Å². The Bertz CT molecular complexity index is 677. The zero-order valence-electron chi connectivity index (χ0n) is 15.0. The van der Waals surface area contributed by atoms with Crippen LogP contribution in [0.4, 0.5) is 0 Å². The maximum Gasteiger partial charge on any atom is 0.311 e. The summed E-state index contributed by atoms with van der Waals surface area (Å²) >= 11 is 1.93. The molecule has 2 heterocycles. The molecule has 1 N–H and O–H groups in total. The van der Waals surface area contributed by atoms with Crippen LogP contribution in [0.25, 0.3) is 0 Å². The lowest BCUT2D eigenvalue weighted by Gasteiger charge is -2.36. The molecular formula is C20H26N2O3S. The minimum atomic E-state index is -0.721. The molecule has 0 bridgehead atoms. The summed E-state index contributed by atoms with van der Waals surface area (Å²) < 4.78 is 0. The van der Waals surface area contributed by atoms with Crippen LogP contribution in [0.15, 0.2) is 30.3 Å². The van der Waals surface area contributed by atoms with E-state index in [1.54, 1.807) is 0 Å². The molecule has 4 rings (SSSR count). The highest BCUT2D eigenvalue weighted by Crippen LogP contribution is 2.49. The Morgan fingerprint density at radius 3 is 2.58 bits per heavy atom. The fourth-order valence-electron chi connectivity index (χ4n) is 4.96. The third-order valence-electron chi connectivity index (χ3n) is 6.37. The number of carboxylic acids is 1. The lowest BCUT2D eigenvalue weighted by atomic mass is 9.81. The number of thioether (sulfide) groups is 1. The minimum absolute atomic E-state index is 0.0816. The third kappa shape index (κ3) is 3.03.